The summed E-state index contributed by atoms with van der Waals surface area (Å²) in [4.78, 5) is 10.0. The van der Waals surface area contributed by atoms with Crippen molar-refractivity contribution in [2.24, 2.45) is 0 Å². The minimum absolute atomic E-state index is 0.0381. The molecule has 0 amide bonds. The largest absolute Gasteiger partial charge is 0.455 e. The lowest BCUT2D eigenvalue weighted by atomic mass is 9.64. The molecule has 0 saturated heterocycles. The molecule has 0 fully saturated rings. The maximum atomic E-state index is 7.69. The Morgan fingerprint density at radius 1 is 0.400 bits per heavy atom. The van der Waals surface area contributed by atoms with Crippen molar-refractivity contribution in [1.29, 1.82) is 0 Å². The van der Waals surface area contributed by atoms with Gasteiger partial charge in [0.25, 0.3) is 0 Å². The summed E-state index contributed by atoms with van der Waals surface area (Å²) in [7, 11) is 0. The highest BCUT2D eigenvalue weighted by atomic mass is 16.3. The van der Waals surface area contributed by atoms with Crippen LogP contribution in [0, 0.1) is 13.8 Å². The molecule has 13 aromatic rings. The molecule has 0 radical (unpaired) electrons. The average molecular weight is 1100 g/mol. The minimum Gasteiger partial charge on any atom is -0.455 e. The molecule has 1 aliphatic carbocycles. The van der Waals surface area contributed by atoms with Gasteiger partial charge in [-0.2, -0.15) is 0 Å². The first-order chi connectivity index (χ1) is 41.2. The average Bonchev–Trinajstić information content (AvgIpc) is 1.57. The van der Waals surface area contributed by atoms with Gasteiger partial charge in [0.2, 0.25) is 0 Å². The molecule has 2 aromatic heterocycles. The summed E-state index contributed by atoms with van der Waals surface area (Å²) < 4.78 is 15.2. The fourth-order valence-electron chi connectivity index (χ4n) is 14.7. The molecule has 0 N–H and O–H groups in total. The predicted molar refractivity (Wildman–Crippen MR) is 355 cm³/mol. The summed E-state index contributed by atoms with van der Waals surface area (Å²) in [6.07, 6.45) is 0. The summed E-state index contributed by atoms with van der Waals surface area (Å²) in [5, 5.41) is 4.21. The van der Waals surface area contributed by atoms with Gasteiger partial charge >= 0.3 is 0 Å². The van der Waals surface area contributed by atoms with Crippen LogP contribution in [0.4, 0.5) is 62.6 Å². The number of fused-ring (bicyclic) bond motifs is 19. The fourth-order valence-corrected chi connectivity index (χ4v) is 14.7. The quantitative estimate of drug-likeness (QED) is 0.158. The van der Waals surface area contributed by atoms with Gasteiger partial charge in [0.15, 0.2) is 5.58 Å². The van der Waals surface area contributed by atoms with Gasteiger partial charge in [-0.05, 0) is 173 Å². The highest BCUT2D eigenvalue weighted by Crippen LogP contribution is 2.70. The van der Waals surface area contributed by atoms with Crippen molar-refractivity contribution >= 4 is 106 Å². The third-order valence-electron chi connectivity index (χ3n) is 18.5. The Morgan fingerprint density at radius 3 is 1.48 bits per heavy atom. The van der Waals surface area contributed by atoms with Crippen LogP contribution in [0.1, 0.15) is 93.0 Å². The molecule has 3 aliphatic rings. The van der Waals surface area contributed by atoms with E-state index in [4.69, 9.17) is 8.83 Å². The van der Waals surface area contributed by atoms with Crippen molar-refractivity contribution in [2.45, 2.75) is 78.6 Å². The lowest BCUT2D eigenvalue weighted by Gasteiger charge is -2.49. The predicted octanol–water partition coefficient (Wildman–Crippen LogP) is 22.3. The molecule has 4 heterocycles. The van der Waals surface area contributed by atoms with E-state index in [-0.39, 0.29) is 10.8 Å². The first kappa shape index (κ1) is 50.9. The van der Waals surface area contributed by atoms with Crippen molar-refractivity contribution in [2.75, 3.05) is 26.1 Å². The van der Waals surface area contributed by atoms with Crippen LogP contribution in [0.2, 0.25) is 0 Å². The molecule has 85 heavy (non-hydrogen) atoms. The summed E-state index contributed by atoms with van der Waals surface area (Å²) in [5.74, 6) is 0. The second kappa shape index (κ2) is 18.4. The van der Waals surface area contributed by atoms with Gasteiger partial charge in [-0.3, -0.25) is 0 Å². The molecule has 6 nitrogen and oxygen atoms in total. The molecule has 2 aliphatic heterocycles. The second-order valence-electron chi connectivity index (χ2n) is 25.7. The highest BCUT2D eigenvalue weighted by Gasteiger charge is 2.56. The molecule has 1 spiro atoms. The number of hydrogen-bond donors (Lipinski definition) is 0. The molecule has 0 bridgehead atoms. The van der Waals surface area contributed by atoms with Gasteiger partial charge in [-0.25, -0.2) is 0 Å². The lowest BCUT2D eigenvalue weighted by molar-refractivity contribution is 0.590. The third-order valence-corrected chi connectivity index (χ3v) is 18.5. The SMILES string of the molecule is CCN1c2ccccc2N2c3ccccc3C3(c4cccc1c42)c1cc(N(c2ccc(C(C)(C)C)cc2)c2cccc(C)c2)c2c(oc4ccccc42)c1-c1c3cc(N(c2ccc(C(C)(C)C)cc2)c2cccc(C)c2)c2oc3ccccc3c12. The van der Waals surface area contributed by atoms with Crippen molar-refractivity contribution in [3.63, 3.8) is 0 Å². The number of nitrogens with zero attached hydrogens (tertiary/aromatic N) is 4. The molecular formula is C79H66N4O2. The van der Waals surface area contributed by atoms with E-state index < -0.39 is 5.41 Å². The van der Waals surface area contributed by atoms with Crippen molar-refractivity contribution in [1.82, 2.24) is 0 Å². The number of benzene rings is 11. The van der Waals surface area contributed by atoms with Gasteiger partial charge in [-0.15, -0.1) is 0 Å². The first-order valence-corrected chi connectivity index (χ1v) is 30.0. The van der Waals surface area contributed by atoms with Crippen LogP contribution in [0.5, 0.6) is 0 Å². The van der Waals surface area contributed by atoms with Crippen LogP contribution in [0.15, 0.2) is 233 Å². The Morgan fingerprint density at radius 2 is 0.882 bits per heavy atom. The zero-order chi connectivity index (χ0) is 57.8. The minimum atomic E-state index is -0.958. The van der Waals surface area contributed by atoms with Gasteiger partial charge in [0, 0.05) is 56.6 Å². The molecular weight excluding hydrogens is 1040 g/mol. The molecule has 414 valence electrons. The Balaban J connectivity index is 1.13. The van der Waals surface area contributed by atoms with E-state index in [0.29, 0.717) is 0 Å². The van der Waals surface area contributed by atoms with Crippen LogP contribution in [0.25, 0.3) is 55.0 Å². The zero-order valence-corrected chi connectivity index (χ0v) is 49.7. The number of furan rings is 2. The van der Waals surface area contributed by atoms with E-state index in [1.54, 1.807) is 0 Å². The Labute approximate surface area is 497 Å². The molecule has 16 rings (SSSR count). The molecule has 6 heteroatoms. The van der Waals surface area contributed by atoms with Crippen LogP contribution < -0.4 is 19.6 Å². The number of hydrogen-bond acceptors (Lipinski definition) is 6. The fraction of sp³-hybridized carbons (Fsp3) is 0.165. The van der Waals surface area contributed by atoms with Crippen molar-refractivity contribution in [3.05, 3.63) is 269 Å². The number of rotatable bonds is 7. The zero-order valence-electron chi connectivity index (χ0n) is 49.7. The van der Waals surface area contributed by atoms with E-state index in [1.807, 2.05) is 0 Å². The van der Waals surface area contributed by atoms with Gasteiger partial charge in [0.05, 0.1) is 50.6 Å². The molecule has 1 unspecified atom stereocenters. The number of anilines is 11. The summed E-state index contributed by atoms with van der Waals surface area (Å²) in [6.45, 7) is 21.2. The standard InChI is InChI=1S/C79H66N4O2/c1-10-80-63-31-15-16-32-64(63)83-62-30-14-13-28-58(62)79(59-29-21-33-65(80)74(59)83)60-47-67(82(55-25-20-23-49(3)45-55)53-42-38-51(39-43-53)78(7,8)9)75-71(57-27-12-18-35-69(57)84-75)72(60)73-61(79)46-66(70-56-26-11-17-34-68(56)85-76(70)73)81(54-24-19-22-48(2)44-54)52-40-36-50(37-41-52)77(4,5)6/h11-47H,10H2,1-9H3. The van der Waals surface area contributed by atoms with E-state index in [2.05, 4.69) is 306 Å². The number of aryl methyl sites for hydroxylation is 2. The highest BCUT2D eigenvalue weighted by molar-refractivity contribution is 6.26. The third kappa shape index (κ3) is 7.30. The Hall–Kier alpha value is -9.78. The van der Waals surface area contributed by atoms with Crippen molar-refractivity contribution in [3.8, 4) is 11.1 Å². The van der Waals surface area contributed by atoms with Gasteiger partial charge in [-0.1, -0.05) is 169 Å². The van der Waals surface area contributed by atoms with Crippen LogP contribution >= 0.6 is 0 Å². The molecule has 0 saturated carbocycles. The topological polar surface area (TPSA) is 39.2 Å². The maximum Gasteiger partial charge on any atom is 0.160 e. The van der Waals surface area contributed by atoms with Crippen LogP contribution in [-0.4, -0.2) is 6.54 Å². The monoisotopic (exact) mass is 1100 g/mol. The Bertz CT molecular complexity index is 4890. The lowest BCUT2D eigenvalue weighted by Crippen LogP contribution is -2.39. The van der Waals surface area contributed by atoms with Crippen LogP contribution in [0.3, 0.4) is 0 Å². The second-order valence-corrected chi connectivity index (χ2v) is 25.7. The molecule has 11 aromatic carbocycles. The smallest absolute Gasteiger partial charge is 0.160 e. The van der Waals surface area contributed by atoms with E-state index in [1.165, 1.54) is 56.0 Å². The maximum absolute atomic E-state index is 7.69. The van der Waals surface area contributed by atoms with E-state index >= 15 is 0 Å². The van der Waals surface area contributed by atoms with E-state index in [0.717, 1.165) is 113 Å². The normalized spacial score (nSPS) is 14.9. The van der Waals surface area contributed by atoms with Crippen LogP contribution in [-0.2, 0) is 16.2 Å². The molecule has 1 atom stereocenters. The van der Waals surface area contributed by atoms with Gasteiger partial charge in [0.1, 0.15) is 16.7 Å². The Kier molecular flexibility index (Phi) is 11.0. The van der Waals surface area contributed by atoms with E-state index in [9.17, 15) is 0 Å². The first-order valence-electron chi connectivity index (χ1n) is 30.0. The summed E-state index contributed by atoms with van der Waals surface area (Å²) in [6, 6.07) is 83.9. The van der Waals surface area contributed by atoms with Gasteiger partial charge < -0.3 is 28.4 Å². The number of para-hydroxylation sites is 6. The summed E-state index contributed by atoms with van der Waals surface area (Å²) >= 11 is 0. The summed E-state index contributed by atoms with van der Waals surface area (Å²) in [5.41, 5.74) is 26.1. The van der Waals surface area contributed by atoms with Crippen molar-refractivity contribution < 1.29 is 8.83 Å².